The van der Waals surface area contributed by atoms with Crippen molar-refractivity contribution in [1.29, 1.82) is 0 Å². The molecule has 2 unspecified atom stereocenters. The highest BCUT2D eigenvalue weighted by molar-refractivity contribution is 5.75. The average molecular weight is 213 g/mol. The smallest absolute Gasteiger partial charge is 0.320 e. The molecule has 2 atom stereocenters. The third kappa shape index (κ3) is 2.62. The predicted octanol–water partition coefficient (Wildman–Crippen LogP) is 1.26. The summed E-state index contributed by atoms with van der Waals surface area (Å²) in [5.74, 6) is 0. The molecule has 0 bridgehead atoms. The Morgan fingerprint density at radius 2 is 2.20 bits per heavy atom. The van der Waals surface area contributed by atoms with Crippen LogP contribution >= 0.6 is 0 Å². The van der Waals surface area contributed by atoms with Crippen LogP contribution in [-0.2, 0) is 0 Å². The Bertz CT molecular complexity index is 220. The molecule has 1 aliphatic rings. The molecule has 88 valence electrons. The lowest BCUT2D eigenvalue weighted by Crippen LogP contribution is -2.55. The van der Waals surface area contributed by atoms with E-state index >= 15 is 0 Å². The van der Waals surface area contributed by atoms with Gasteiger partial charge in [-0.15, -0.1) is 0 Å². The number of piperidine rings is 1. The zero-order valence-electron chi connectivity index (χ0n) is 10.1. The van der Waals surface area contributed by atoms with Gasteiger partial charge in [-0.25, -0.2) is 4.79 Å². The maximum Gasteiger partial charge on any atom is 0.320 e. The second-order valence-corrected chi connectivity index (χ2v) is 4.37. The van der Waals surface area contributed by atoms with Crippen molar-refractivity contribution in [2.24, 2.45) is 5.73 Å². The zero-order valence-corrected chi connectivity index (χ0v) is 10.1. The average Bonchev–Trinajstić information content (AvgIpc) is 2.26. The maximum absolute atomic E-state index is 12.1. The van der Waals surface area contributed by atoms with E-state index in [2.05, 4.69) is 6.92 Å². The third-order valence-electron chi connectivity index (χ3n) is 3.32. The molecule has 1 rings (SSSR count). The summed E-state index contributed by atoms with van der Waals surface area (Å²) in [6.45, 7) is 5.43. The van der Waals surface area contributed by atoms with Crippen LogP contribution in [0.5, 0.6) is 0 Å². The van der Waals surface area contributed by atoms with Gasteiger partial charge in [-0.2, -0.15) is 0 Å². The van der Waals surface area contributed by atoms with Gasteiger partial charge in [0, 0.05) is 32.2 Å². The minimum Gasteiger partial charge on any atom is -0.328 e. The highest BCUT2D eigenvalue weighted by atomic mass is 16.2. The van der Waals surface area contributed by atoms with Crippen molar-refractivity contribution in [3.8, 4) is 0 Å². The summed E-state index contributed by atoms with van der Waals surface area (Å²) in [4.78, 5) is 15.8. The third-order valence-corrected chi connectivity index (χ3v) is 3.32. The van der Waals surface area contributed by atoms with Crippen molar-refractivity contribution in [3.63, 3.8) is 0 Å². The summed E-state index contributed by atoms with van der Waals surface area (Å²) in [5, 5.41) is 0. The summed E-state index contributed by atoms with van der Waals surface area (Å²) < 4.78 is 0. The molecule has 2 N–H and O–H groups in total. The normalized spacial score (nSPS) is 26.5. The number of carbonyl (C=O) groups excluding carboxylic acids is 1. The number of urea groups is 1. The van der Waals surface area contributed by atoms with Crippen LogP contribution in [0.15, 0.2) is 0 Å². The quantitative estimate of drug-likeness (QED) is 0.750. The largest absolute Gasteiger partial charge is 0.328 e. The molecule has 0 saturated carbocycles. The van der Waals surface area contributed by atoms with Crippen LogP contribution in [0.3, 0.4) is 0 Å². The summed E-state index contributed by atoms with van der Waals surface area (Å²) >= 11 is 0. The fraction of sp³-hybridized carbons (Fsp3) is 0.909. The van der Waals surface area contributed by atoms with E-state index in [9.17, 15) is 4.79 Å². The van der Waals surface area contributed by atoms with Crippen molar-refractivity contribution in [1.82, 2.24) is 9.80 Å². The van der Waals surface area contributed by atoms with Gasteiger partial charge in [-0.05, 0) is 33.1 Å². The number of hydrogen-bond acceptors (Lipinski definition) is 2. The Morgan fingerprint density at radius 3 is 2.73 bits per heavy atom. The van der Waals surface area contributed by atoms with Gasteiger partial charge in [0.05, 0.1) is 0 Å². The van der Waals surface area contributed by atoms with Crippen LogP contribution in [0, 0.1) is 0 Å². The molecule has 1 aliphatic heterocycles. The molecule has 1 fully saturated rings. The van der Waals surface area contributed by atoms with E-state index < -0.39 is 0 Å². The van der Waals surface area contributed by atoms with Gasteiger partial charge in [0.25, 0.3) is 0 Å². The van der Waals surface area contributed by atoms with Gasteiger partial charge >= 0.3 is 6.03 Å². The predicted molar refractivity (Wildman–Crippen MR) is 61.7 cm³/mol. The van der Waals surface area contributed by atoms with E-state index in [0.29, 0.717) is 12.6 Å². The molecule has 0 radical (unpaired) electrons. The molecular formula is C11H23N3O. The van der Waals surface area contributed by atoms with Gasteiger partial charge in [0.15, 0.2) is 0 Å². The first-order valence-electron chi connectivity index (χ1n) is 5.85. The van der Waals surface area contributed by atoms with Crippen molar-refractivity contribution in [2.75, 3.05) is 20.1 Å². The summed E-state index contributed by atoms with van der Waals surface area (Å²) in [6.07, 6.45) is 3.33. The Hall–Kier alpha value is -0.770. The first-order chi connectivity index (χ1) is 7.11. The van der Waals surface area contributed by atoms with Crippen LogP contribution in [0.4, 0.5) is 4.79 Å². The summed E-state index contributed by atoms with van der Waals surface area (Å²) in [6, 6.07) is 0.684. The molecule has 0 spiro atoms. The Morgan fingerprint density at radius 1 is 1.53 bits per heavy atom. The van der Waals surface area contributed by atoms with Crippen molar-refractivity contribution in [3.05, 3.63) is 0 Å². The van der Waals surface area contributed by atoms with Gasteiger partial charge in [0.2, 0.25) is 0 Å². The minimum atomic E-state index is 0.125. The SMILES string of the molecule is CCN(C)C(=O)N1C(C)CCCC1CN. The van der Waals surface area contributed by atoms with E-state index in [4.69, 9.17) is 5.73 Å². The van der Waals surface area contributed by atoms with Crippen molar-refractivity contribution < 1.29 is 4.79 Å². The molecule has 0 aromatic rings. The summed E-state index contributed by atoms with van der Waals surface area (Å²) in [7, 11) is 1.84. The molecule has 2 amide bonds. The lowest BCUT2D eigenvalue weighted by atomic mass is 9.97. The number of nitrogens with two attached hydrogens (primary N) is 1. The minimum absolute atomic E-state index is 0.125. The molecule has 15 heavy (non-hydrogen) atoms. The van der Waals surface area contributed by atoms with E-state index in [1.807, 2.05) is 18.9 Å². The number of rotatable bonds is 2. The molecule has 4 nitrogen and oxygen atoms in total. The number of nitrogens with zero attached hydrogens (tertiary/aromatic N) is 2. The highest BCUT2D eigenvalue weighted by Gasteiger charge is 2.32. The van der Waals surface area contributed by atoms with E-state index in [0.717, 1.165) is 19.4 Å². The Kier molecular flexibility index (Phi) is 4.39. The first-order valence-corrected chi connectivity index (χ1v) is 5.85. The zero-order chi connectivity index (χ0) is 11.4. The number of likely N-dealkylation sites (tertiary alicyclic amines) is 1. The second-order valence-electron chi connectivity index (χ2n) is 4.37. The number of hydrogen-bond donors (Lipinski definition) is 1. The first kappa shape index (κ1) is 12.3. The molecule has 0 aliphatic carbocycles. The molecule has 1 heterocycles. The Labute approximate surface area is 92.4 Å². The van der Waals surface area contributed by atoms with E-state index in [1.54, 1.807) is 4.90 Å². The van der Waals surface area contributed by atoms with Crippen molar-refractivity contribution >= 4 is 6.03 Å². The van der Waals surface area contributed by atoms with E-state index in [-0.39, 0.29) is 12.1 Å². The van der Waals surface area contributed by atoms with Gasteiger partial charge < -0.3 is 15.5 Å². The van der Waals surface area contributed by atoms with Gasteiger partial charge in [-0.3, -0.25) is 0 Å². The van der Waals surface area contributed by atoms with Crippen molar-refractivity contribution in [2.45, 2.75) is 45.2 Å². The lowest BCUT2D eigenvalue weighted by Gasteiger charge is -2.42. The van der Waals surface area contributed by atoms with Crippen LogP contribution in [0.25, 0.3) is 0 Å². The Balaban J connectivity index is 2.73. The standard InChI is InChI=1S/C11H23N3O/c1-4-13(3)11(15)14-9(2)6-5-7-10(14)8-12/h9-10H,4-8,12H2,1-3H3. The van der Waals surface area contributed by atoms with Crippen LogP contribution in [0.2, 0.25) is 0 Å². The van der Waals surface area contributed by atoms with Crippen LogP contribution < -0.4 is 5.73 Å². The molecule has 4 heteroatoms. The fourth-order valence-corrected chi connectivity index (χ4v) is 2.20. The number of amides is 2. The summed E-state index contributed by atoms with van der Waals surface area (Å²) in [5.41, 5.74) is 5.72. The topological polar surface area (TPSA) is 49.6 Å². The monoisotopic (exact) mass is 213 g/mol. The maximum atomic E-state index is 12.1. The van der Waals surface area contributed by atoms with Gasteiger partial charge in [-0.1, -0.05) is 0 Å². The highest BCUT2D eigenvalue weighted by Crippen LogP contribution is 2.23. The fourth-order valence-electron chi connectivity index (χ4n) is 2.20. The van der Waals surface area contributed by atoms with Crippen LogP contribution in [0.1, 0.15) is 33.1 Å². The second kappa shape index (κ2) is 5.35. The molecular weight excluding hydrogens is 190 g/mol. The number of carbonyl (C=O) groups is 1. The molecule has 0 aromatic heterocycles. The van der Waals surface area contributed by atoms with Gasteiger partial charge in [0.1, 0.15) is 0 Å². The molecule has 1 saturated heterocycles. The lowest BCUT2D eigenvalue weighted by molar-refractivity contribution is 0.0957. The molecule has 0 aromatic carbocycles. The van der Waals surface area contributed by atoms with Crippen LogP contribution in [-0.4, -0.2) is 48.1 Å². The van der Waals surface area contributed by atoms with E-state index in [1.165, 1.54) is 6.42 Å².